The predicted octanol–water partition coefficient (Wildman–Crippen LogP) is 4.77. The molecule has 0 spiro atoms. The van der Waals surface area contributed by atoms with Gasteiger partial charge in [-0.05, 0) is 56.2 Å². The molecule has 1 aromatic heterocycles. The van der Waals surface area contributed by atoms with Crippen LogP contribution in [0.3, 0.4) is 0 Å². The fourth-order valence-corrected chi connectivity index (χ4v) is 3.20. The van der Waals surface area contributed by atoms with Crippen molar-refractivity contribution in [1.29, 1.82) is 0 Å². The molecular formula is C16H18ClN. The van der Waals surface area contributed by atoms with Crippen LogP contribution in [0.5, 0.6) is 0 Å². The fraction of sp³-hybridized carbons (Fsp3) is 0.438. The van der Waals surface area contributed by atoms with Gasteiger partial charge in [0.05, 0.1) is 10.5 Å². The summed E-state index contributed by atoms with van der Waals surface area (Å²) in [7, 11) is 0. The predicted molar refractivity (Wildman–Crippen MR) is 77.5 cm³/mol. The van der Waals surface area contributed by atoms with Crippen molar-refractivity contribution in [1.82, 2.24) is 4.98 Å². The lowest BCUT2D eigenvalue weighted by atomic mass is 10.0. The van der Waals surface area contributed by atoms with Gasteiger partial charge in [-0.3, -0.25) is 4.98 Å². The van der Waals surface area contributed by atoms with Crippen LogP contribution in [-0.4, -0.2) is 4.98 Å². The van der Waals surface area contributed by atoms with Gasteiger partial charge in [0, 0.05) is 11.1 Å². The molecule has 1 aliphatic carbocycles. The van der Waals surface area contributed by atoms with E-state index in [4.69, 9.17) is 16.6 Å². The second kappa shape index (κ2) is 4.55. The molecular weight excluding hydrogens is 242 g/mol. The van der Waals surface area contributed by atoms with Gasteiger partial charge in [0.1, 0.15) is 0 Å². The second-order valence-electron chi connectivity index (χ2n) is 5.32. The summed E-state index contributed by atoms with van der Waals surface area (Å²) >= 11 is 6.62. The van der Waals surface area contributed by atoms with Crippen LogP contribution < -0.4 is 0 Å². The summed E-state index contributed by atoms with van der Waals surface area (Å²) in [5.74, 6) is 0. The molecule has 0 atom stereocenters. The van der Waals surface area contributed by atoms with Crippen molar-refractivity contribution < 1.29 is 0 Å². The van der Waals surface area contributed by atoms with Gasteiger partial charge in [0.25, 0.3) is 0 Å². The van der Waals surface area contributed by atoms with Crippen molar-refractivity contribution in [3.63, 3.8) is 0 Å². The minimum absolute atomic E-state index is 0.944. The average Bonchev–Trinajstić information content (AvgIpc) is 2.60. The molecule has 0 saturated heterocycles. The monoisotopic (exact) mass is 259 g/mol. The van der Waals surface area contributed by atoms with E-state index in [1.54, 1.807) is 0 Å². The number of nitrogens with zero attached hydrogens (tertiary/aromatic N) is 1. The van der Waals surface area contributed by atoms with Crippen LogP contribution in [0.2, 0.25) is 5.02 Å². The molecule has 0 bridgehead atoms. The van der Waals surface area contributed by atoms with Gasteiger partial charge in [-0.25, -0.2) is 0 Å². The third-order valence-corrected chi connectivity index (χ3v) is 4.57. The van der Waals surface area contributed by atoms with Crippen LogP contribution >= 0.6 is 11.6 Å². The topological polar surface area (TPSA) is 12.9 Å². The number of hydrogen-bond donors (Lipinski definition) is 0. The number of fused-ring (bicyclic) bond motifs is 2. The SMILES string of the molecule is Cc1ccc2c(Cl)c3c(nc2c1C)CCCCC3. The van der Waals surface area contributed by atoms with E-state index >= 15 is 0 Å². The van der Waals surface area contributed by atoms with Crippen LogP contribution in [0.15, 0.2) is 12.1 Å². The summed E-state index contributed by atoms with van der Waals surface area (Å²) in [4.78, 5) is 4.91. The van der Waals surface area contributed by atoms with Crippen molar-refractivity contribution >= 4 is 22.5 Å². The molecule has 0 aliphatic heterocycles. The van der Waals surface area contributed by atoms with Crippen molar-refractivity contribution in [2.24, 2.45) is 0 Å². The third-order valence-electron chi connectivity index (χ3n) is 4.14. The van der Waals surface area contributed by atoms with Crippen molar-refractivity contribution in [3.8, 4) is 0 Å². The van der Waals surface area contributed by atoms with Gasteiger partial charge in [0.15, 0.2) is 0 Å². The van der Waals surface area contributed by atoms with Gasteiger partial charge in [-0.15, -0.1) is 0 Å². The van der Waals surface area contributed by atoms with E-state index in [0.29, 0.717) is 0 Å². The maximum absolute atomic E-state index is 6.62. The van der Waals surface area contributed by atoms with Gasteiger partial charge >= 0.3 is 0 Å². The van der Waals surface area contributed by atoms with Gasteiger partial charge in [0.2, 0.25) is 0 Å². The summed E-state index contributed by atoms with van der Waals surface area (Å²) < 4.78 is 0. The van der Waals surface area contributed by atoms with Crippen LogP contribution in [0.1, 0.15) is 41.6 Å². The molecule has 18 heavy (non-hydrogen) atoms. The standard InChI is InChI=1S/C16H18ClN/c1-10-8-9-13-15(17)12-6-4-3-5-7-14(12)18-16(13)11(10)2/h8-9H,3-7H2,1-2H3. The molecule has 1 heterocycles. The molecule has 0 fully saturated rings. The molecule has 1 nitrogen and oxygen atoms in total. The van der Waals surface area contributed by atoms with Crippen molar-refractivity contribution in [3.05, 3.63) is 39.5 Å². The quantitative estimate of drug-likeness (QED) is 0.621. The van der Waals surface area contributed by atoms with E-state index in [9.17, 15) is 0 Å². The summed E-state index contributed by atoms with van der Waals surface area (Å²) in [6, 6.07) is 4.27. The molecule has 0 radical (unpaired) electrons. The number of benzene rings is 1. The maximum atomic E-state index is 6.62. The number of hydrogen-bond acceptors (Lipinski definition) is 1. The summed E-state index contributed by atoms with van der Waals surface area (Å²) in [5, 5.41) is 2.07. The maximum Gasteiger partial charge on any atom is 0.0752 e. The van der Waals surface area contributed by atoms with Crippen molar-refractivity contribution in [2.75, 3.05) is 0 Å². The van der Waals surface area contributed by atoms with E-state index in [1.807, 2.05) is 0 Å². The Hall–Kier alpha value is -1.08. The summed E-state index contributed by atoms with van der Waals surface area (Å²) in [6.45, 7) is 4.28. The van der Waals surface area contributed by atoms with Gasteiger partial charge < -0.3 is 0 Å². The highest BCUT2D eigenvalue weighted by molar-refractivity contribution is 6.36. The molecule has 1 aliphatic rings. The zero-order chi connectivity index (χ0) is 12.7. The minimum Gasteiger partial charge on any atom is -0.252 e. The molecule has 1 aromatic carbocycles. The summed E-state index contributed by atoms with van der Waals surface area (Å²) in [5.41, 5.74) is 6.19. The lowest BCUT2D eigenvalue weighted by Crippen LogP contribution is -2.00. The Bertz CT molecular complexity index is 616. The van der Waals surface area contributed by atoms with Crippen LogP contribution in [-0.2, 0) is 12.8 Å². The molecule has 94 valence electrons. The molecule has 0 unspecified atom stereocenters. The number of rotatable bonds is 0. The molecule has 2 heteroatoms. The Kier molecular flexibility index (Phi) is 3.03. The zero-order valence-corrected chi connectivity index (χ0v) is 11.8. The first-order valence-corrected chi connectivity index (χ1v) is 7.13. The molecule has 0 N–H and O–H groups in total. The Morgan fingerprint density at radius 3 is 2.67 bits per heavy atom. The van der Waals surface area contributed by atoms with Crippen LogP contribution in [0.25, 0.3) is 10.9 Å². The van der Waals surface area contributed by atoms with Crippen LogP contribution in [0, 0.1) is 13.8 Å². The zero-order valence-electron chi connectivity index (χ0n) is 11.0. The van der Waals surface area contributed by atoms with E-state index in [1.165, 1.54) is 41.6 Å². The number of aromatic nitrogens is 1. The highest BCUT2D eigenvalue weighted by atomic mass is 35.5. The van der Waals surface area contributed by atoms with Gasteiger partial charge in [-0.1, -0.05) is 30.2 Å². The van der Waals surface area contributed by atoms with Crippen molar-refractivity contribution in [2.45, 2.75) is 46.0 Å². The lowest BCUT2D eigenvalue weighted by molar-refractivity contribution is 0.709. The number of halogens is 1. The first-order chi connectivity index (χ1) is 8.68. The van der Waals surface area contributed by atoms with E-state index < -0.39 is 0 Å². The summed E-state index contributed by atoms with van der Waals surface area (Å²) in [6.07, 6.45) is 5.95. The number of pyridine rings is 1. The normalized spacial score (nSPS) is 15.5. The van der Waals surface area contributed by atoms with Crippen LogP contribution in [0.4, 0.5) is 0 Å². The Labute approximate surface area is 113 Å². The highest BCUT2D eigenvalue weighted by Gasteiger charge is 2.17. The van der Waals surface area contributed by atoms with E-state index in [2.05, 4.69) is 26.0 Å². The Balaban J connectivity index is 2.34. The second-order valence-corrected chi connectivity index (χ2v) is 5.69. The first-order valence-electron chi connectivity index (χ1n) is 6.75. The minimum atomic E-state index is 0.944. The van der Waals surface area contributed by atoms with E-state index in [0.717, 1.165) is 28.8 Å². The molecule has 0 saturated carbocycles. The third kappa shape index (κ3) is 1.81. The van der Waals surface area contributed by atoms with Gasteiger partial charge in [-0.2, -0.15) is 0 Å². The Morgan fingerprint density at radius 2 is 1.83 bits per heavy atom. The lowest BCUT2D eigenvalue weighted by Gasteiger charge is -2.13. The van der Waals surface area contributed by atoms with E-state index in [-0.39, 0.29) is 0 Å². The first kappa shape index (κ1) is 12.0. The Morgan fingerprint density at radius 1 is 1.06 bits per heavy atom. The average molecular weight is 260 g/mol. The molecule has 2 aromatic rings. The fourth-order valence-electron chi connectivity index (χ4n) is 2.85. The number of aryl methyl sites for hydroxylation is 3. The molecule has 0 amide bonds. The highest BCUT2D eigenvalue weighted by Crippen LogP contribution is 2.34. The largest absolute Gasteiger partial charge is 0.252 e. The molecule has 3 rings (SSSR count). The smallest absolute Gasteiger partial charge is 0.0752 e.